The highest BCUT2D eigenvalue weighted by Crippen LogP contribution is 2.34. The molecule has 6 rings (SSSR count). The molecule has 0 saturated carbocycles. The van der Waals surface area contributed by atoms with Crippen molar-refractivity contribution in [1.29, 1.82) is 0 Å². The summed E-state index contributed by atoms with van der Waals surface area (Å²) in [5.41, 5.74) is 6.98. The van der Waals surface area contributed by atoms with Crippen LogP contribution in [0.25, 0.3) is 43.6 Å². The van der Waals surface area contributed by atoms with Crippen molar-refractivity contribution in [2.24, 2.45) is 0 Å². The number of hydrogen-bond acceptors (Lipinski definition) is 2. The fourth-order valence-electron chi connectivity index (χ4n) is 5.33. The van der Waals surface area contributed by atoms with Gasteiger partial charge in [0.25, 0.3) is 0 Å². The van der Waals surface area contributed by atoms with Crippen LogP contribution in [0.3, 0.4) is 0 Å². The molecule has 0 spiro atoms. The van der Waals surface area contributed by atoms with Crippen LogP contribution in [-0.2, 0) is 0 Å². The van der Waals surface area contributed by atoms with Gasteiger partial charge in [-0.25, -0.2) is 9.97 Å². The van der Waals surface area contributed by atoms with Gasteiger partial charge in [-0.05, 0) is 66.1 Å². The summed E-state index contributed by atoms with van der Waals surface area (Å²) in [5, 5.41) is 4.82. The number of nitrogens with zero attached hydrogens (tertiary/aromatic N) is 2. The third-order valence-electron chi connectivity index (χ3n) is 7.23. The summed E-state index contributed by atoms with van der Waals surface area (Å²) in [7, 11) is 0. The number of para-hydroxylation sites is 2. The van der Waals surface area contributed by atoms with Gasteiger partial charge in [0.15, 0.2) is 0 Å². The van der Waals surface area contributed by atoms with Crippen LogP contribution in [0.1, 0.15) is 56.1 Å². The Labute approximate surface area is 206 Å². The summed E-state index contributed by atoms with van der Waals surface area (Å²) in [6.07, 6.45) is 6.23. The molecule has 0 radical (unpaired) electrons. The Kier molecular flexibility index (Phi) is 5.88. The third-order valence-corrected chi connectivity index (χ3v) is 7.23. The van der Waals surface area contributed by atoms with Gasteiger partial charge in [0.1, 0.15) is 0 Å². The number of pyridine rings is 2. The zero-order valence-electron chi connectivity index (χ0n) is 20.2. The smallest absolute Gasteiger partial charge is 0.0709 e. The van der Waals surface area contributed by atoms with E-state index in [1.165, 1.54) is 58.4 Å². The van der Waals surface area contributed by atoms with Crippen LogP contribution < -0.4 is 0 Å². The first-order valence-electron chi connectivity index (χ1n) is 12.9. The molecule has 0 aliphatic heterocycles. The van der Waals surface area contributed by atoms with E-state index in [0.717, 1.165) is 28.5 Å². The number of rotatable bonds is 7. The summed E-state index contributed by atoms with van der Waals surface area (Å²) < 4.78 is 0. The SMILES string of the molecule is CCCCCCC(c1ccc2nc3ccccc3cc2c1)c1ccc2nc3ccccc3cc2c1. The Hall–Kier alpha value is -3.78. The van der Waals surface area contributed by atoms with Gasteiger partial charge in [-0.15, -0.1) is 0 Å². The Morgan fingerprint density at radius 2 is 1.03 bits per heavy atom. The highest BCUT2D eigenvalue weighted by molar-refractivity contribution is 5.94. The van der Waals surface area contributed by atoms with Crippen molar-refractivity contribution < 1.29 is 0 Å². The van der Waals surface area contributed by atoms with Crippen LogP contribution in [0.2, 0.25) is 0 Å². The molecule has 2 nitrogen and oxygen atoms in total. The van der Waals surface area contributed by atoms with Crippen LogP contribution in [0.4, 0.5) is 0 Å². The lowest BCUT2D eigenvalue weighted by Crippen LogP contribution is -2.02. The maximum atomic E-state index is 4.90. The van der Waals surface area contributed by atoms with E-state index < -0.39 is 0 Å². The summed E-state index contributed by atoms with van der Waals surface area (Å²) in [5.74, 6) is 0.360. The molecule has 2 heteroatoms. The van der Waals surface area contributed by atoms with Gasteiger partial charge in [-0.3, -0.25) is 0 Å². The number of hydrogen-bond donors (Lipinski definition) is 0. The van der Waals surface area contributed by atoms with Crippen molar-refractivity contribution in [3.8, 4) is 0 Å². The lowest BCUT2D eigenvalue weighted by Gasteiger charge is -2.19. The molecule has 0 N–H and O–H groups in total. The van der Waals surface area contributed by atoms with Crippen LogP contribution in [0.15, 0.2) is 97.1 Å². The average Bonchev–Trinajstić information content (AvgIpc) is 2.90. The predicted octanol–water partition coefficient (Wildman–Crippen LogP) is 9.19. The van der Waals surface area contributed by atoms with Crippen molar-refractivity contribution in [2.75, 3.05) is 0 Å². The van der Waals surface area contributed by atoms with E-state index in [-0.39, 0.29) is 0 Å². The zero-order chi connectivity index (χ0) is 23.6. The summed E-state index contributed by atoms with van der Waals surface area (Å²) in [6.45, 7) is 2.28. The Morgan fingerprint density at radius 1 is 0.514 bits per heavy atom. The summed E-state index contributed by atoms with van der Waals surface area (Å²) in [4.78, 5) is 9.80. The van der Waals surface area contributed by atoms with E-state index in [1.54, 1.807) is 0 Å². The number of unbranched alkanes of at least 4 members (excludes halogenated alkanes) is 3. The van der Waals surface area contributed by atoms with E-state index >= 15 is 0 Å². The Morgan fingerprint density at radius 3 is 1.57 bits per heavy atom. The lowest BCUT2D eigenvalue weighted by atomic mass is 9.85. The first-order chi connectivity index (χ1) is 17.3. The van der Waals surface area contributed by atoms with Crippen molar-refractivity contribution in [3.05, 3.63) is 108 Å². The Balaban J connectivity index is 1.44. The van der Waals surface area contributed by atoms with Gasteiger partial charge < -0.3 is 0 Å². The van der Waals surface area contributed by atoms with Crippen LogP contribution >= 0.6 is 0 Å². The second kappa shape index (κ2) is 9.46. The standard InChI is InChI=1S/C33H30N2/c1-2-3-4-5-12-29(23-15-17-32-27(19-23)21-25-10-6-8-13-30(25)34-32)24-16-18-33-28(20-24)22-26-11-7-9-14-31(26)35-33/h6-11,13-22,29H,2-5,12H2,1H3. The predicted molar refractivity (Wildman–Crippen MR) is 149 cm³/mol. The minimum Gasteiger partial charge on any atom is -0.248 e. The molecule has 0 aliphatic rings. The fraction of sp³-hybridized carbons (Fsp3) is 0.212. The molecule has 4 aromatic carbocycles. The van der Waals surface area contributed by atoms with E-state index in [0.29, 0.717) is 5.92 Å². The molecule has 0 amide bonds. The second-order valence-electron chi connectivity index (χ2n) is 9.67. The van der Waals surface area contributed by atoms with Gasteiger partial charge in [0, 0.05) is 27.5 Å². The van der Waals surface area contributed by atoms with Crippen molar-refractivity contribution >= 4 is 43.6 Å². The molecule has 0 bridgehead atoms. The van der Waals surface area contributed by atoms with Crippen LogP contribution in [-0.4, -0.2) is 9.97 Å². The van der Waals surface area contributed by atoms with Gasteiger partial charge >= 0.3 is 0 Å². The van der Waals surface area contributed by atoms with E-state index in [1.807, 2.05) is 0 Å². The quantitative estimate of drug-likeness (QED) is 0.177. The lowest BCUT2D eigenvalue weighted by molar-refractivity contribution is 0.597. The number of benzene rings is 4. The van der Waals surface area contributed by atoms with E-state index in [9.17, 15) is 0 Å². The highest BCUT2D eigenvalue weighted by atomic mass is 14.7. The van der Waals surface area contributed by atoms with E-state index in [2.05, 4.69) is 104 Å². The molecule has 0 unspecified atom stereocenters. The molecule has 0 atom stereocenters. The normalized spacial score (nSPS) is 11.8. The molecule has 172 valence electrons. The molecule has 2 heterocycles. The second-order valence-corrected chi connectivity index (χ2v) is 9.67. The van der Waals surface area contributed by atoms with E-state index in [4.69, 9.17) is 9.97 Å². The van der Waals surface area contributed by atoms with Gasteiger partial charge in [-0.2, -0.15) is 0 Å². The third kappa shape index (κ3) is 4.37. The molecule has 6 aromatic rings. The minimum atomic E-state index is 0.360. The van der Waals surface area contributed by atoms with Crippen molar-refractivity contribution in [1.82, 2.24) is 9.97 Å². The topological polar surface area (TPSA) is 25.8 Å². The highest BCUT2D eigenvalue weighted by Gasteiger charge is 2.16. The molecule has 0 saturated heterocycles. The zero-order valence-corrected chi connectivity index (χ0v) is 20.2. The molecule has 0 fully saturated rings. The maximum Gasteiger partial charge on any atom is 0.0709 e. The van der Waals surface area contributed by atoms with Crippen molar-refractivity contribution in [2.45, 2.75) is 44.9 Å². The largest absolute Gasteiger partial charge is 0.248 e. The molecular weight excluding hydrogens is 424 g/mol. The monoisotopic (exact) mass is 454 g/mol. The fourth-order valence-corrected chi connectivity index (χ4v) is 5.33. The summed E-state index contributed by atoms with van der Waals surface area (Å²) in [6, 6.07) is 35.0. The van der Waals surface area contributed by atoms with Gasteiger partial charge in [-0.1, -0.05) is 81.1 Å². The maximum absolute atomic E-state index is 4.90. The number of fused-ring (bicyclic) bond motifs is 4. The van der Waals surface area contributed by atoms with Gasteiger partial charge in [0.2, 0.25) is 0 Å². The molecule has 2 aromatic heterocycles. The Bertz CT molecular complexity index is 1530. The van der Waals surface area contributed by atoms with Crippen molar-refractivity contribution in [3.63, 3.8) is 0 Å². The summed E-state index contributed by atoms with van der Waals surface area (Å²) >= 11 is 0. The number of aromatic nitrogens is 2. The molecule has 35 heavy (non-hydrogen) atoms. The minimum absolute atomic E-state index is 0.360. The first-order valence-corrected chi connectivity index (χ1v) is 12.9. The molecular formula is C33H30N2. The first kappa shape index (κ1) is 21.7. The van der Waals surface area contributed by atoms with Gasteiger partial charge in [0.05, 0.1) is 22.1 Å². The van der Waals surface area contributed by atoms with Crippen LogP contribution in [0, 0.1) is 0 Å². The molecule has 0 aliphatic carbocycles. The van der Waals surface area contributed by atoms with Crippen LogP contribution in [0.5, 0.6) is 0 Å². The average molecular weight is 455 g/mol.